The summed E-state index contributed by atoms with van der Waals surface area (Å²) >= 11 is 11.2. The predicted molar refractivity (Wildman–Crippen MR) is 84.8 cm³/mol. The second kappa shape index (κ2) is 5.59. The van der Waals surface area contributed by atoms with Crippen molar-refractivity contribution in [1.82, 2.24) is 4.98 Å². The fourth-order valence-electron chi connectivity index (χ4n) is 2.16. The molecule has 1 aromatic rings. The van der Waals surface area contributed by atoms with E-state index in [9.17, 15) is 9.18 Å². The molecule has 1 heterocycles. The first-order valence-electron chi connectivity index (χ1n) is 6.29. The lowest BCUT2D eigenvalue weighted by Gasteiger charge is -2.11. The fraction of sp³-hybridized carbons (Fsp3) is 0.0667. The fourth-order valence-corrected chi connectivity index (χ4v) is 2.32. The van der Waals surface area contributed by atoms with Crippen LogP contribution in [0, 0.1) is 5.82 Å². The average Bonchev–Trinajstić information content (AvgIpc) is 2.49. The van der Waals surface area contributed by atoms with E-state index in [0.717, 1.165) is 0 Å². The first kappa shape index (κ1) is 14.8. The van der Waals surface area contributed by atoms with Gasteiger partial charge in [-0.25, -0.2) is 9.37 Å². The van der Waals surface area contributed by atoms with Gasteiger partial charge in [0.1, 0.15) is 27.2 Å². The van der Waals surface area contributed by atoms with E-state index >= 15 is 0 Å². The van der Waals surface area contributed by atoms with Gasteiger partial charge < -0.3 is 10.2 Å². The molecule has 0 amide bonds. The molecule has 1 aliphatic carbocycles. The third-order valence-electron chi connectivity index (χ3n) is 3.22. The number of rotatable bonds is 2. The number of aromatic nitrogens is 1. The standard InChI is InChI=1S/C15H9Cl2FN2O2/c16-12(17)6-1-7-11(21)5-4-9-14(7)22-15-10(20-9)3-2-8(18)13(15)19/h2-6H,1,19H2. The smallest absolute Gasteiger partial charge is 0.186 e. The van der Waals surface area contributed by atoms with Crippen molar-refractivity contribution >= 4 is 40.0 Å². The highest BCUT2D eigenvalue weighted by Gasteiger charge is 2.18. The molecule has 0 aromatic heterocycles. The van der Waals surface area contributed by atoms with Crippen molar-refractivity contribution in [2.24, 2.45) is 0 Å². The molecule has 1 aliphatic heterocycles. The monoisotopic (exact) mass is 338 g/mol. The quantitative estimate of drug-likeness (QED) is 0.568. The number of allylic oxidation sites excluding steroid dienone is 1. The molecular weight excluding hydrogens is 330 g/mol. The molecule has 0 bridgehead atoms. The molecule has 112 valence electrons. The maximum absolute atomic E-state index is 13.6. The van der Waals surface area contributed by atoms with Gasteiger partial charge in [-0.1, -0.05) is 23.2 Å². The van der Waals surface area contributed by atoms with Crippen LogP contribution in [-0.2, 0) is 6.42 Å². The van der Waals surface area contributed by atoms with E-state index in [-0.39, 0.29) is 33.4 Å². The lowest BCUT2D eigenvalue weighted by Crippen LogP contribution is -2.10. The average molecular weight is 339 g/mol. The predicted octanol–water partition coefficient (Wildman–Crippen LogP) is 3.88. The van der Waals surface area contributed by atoms with Crippen molar-refractivity contribution in [2.45, 2.75) is 6.42 Å². The summed E-state index contributed by atoms with van der Waals surface area (Å²) < 4.78 is 19.3. The molecule has 0 unspecified atom stereocenters. The van der Waals surface area contributed by atoms with Crippen LogP contribution in [0.25, 0.3) is 22.6 Å². The zero-order chi connectivity index (χ0) is 15.9. The third-order valence-corrected chi connectivity index (χ3v) is 3.53. The van der Waals surface area contributed by atoms with Crippen LogP contribution in [0.2, 0.25) is 0 Å². The number of anilines is 1. The van der Waals surface area contributed by atoms with Gasteiger partial charge in [-0.3, -0.25) is 4.79 Å². The van der Waals surface area contributed by atoms with Gasteiger partial charge in [-0.15, -0.1) is 0 Å². The van der Waals surface area contributed by atoms with Gasteiger partial charge in [0, 0.05) is 12.0 Å². The minimum absolute atomic E-state index is 0.0377. The van der Waals surface area contributed by atoms with E-state index in [0.29, 0.717) is 16.8 Å². The minimum Gasteiger partial charge on any atom is -0.450 e. The Bertz CT molecular complexity index is 933. The number of fused-ring (bicyclic) bond motifs is 2. The maximum atomic E-state index is 13.6. The number of benzene rings is 2. The third kappa shape index (κ3) is 2.53. The van der Waals surface area contributed by atoms with E-state index in [2.05, 4.69) is 4.98 Å². The number of nitrogen functional groups attached to an aromatic ring is 1. The van der Waals surface area contributed by atoms with Crippen LogP contribution in [0.4, 0.5) is 10.1 Å². The number of hydrogen-bond acceptors (Lipinski definition) is 4. The summed E-state index contributed by atoms with van der Waals surface area (Å²) in [4.78, 5) is 16.4. The summed E-state index contributed by atoms with van der Waals surface area (Å²) in [6, 6.07) is 5.60. The Morgan fingerprint density at radius 3 is 2.82 bits per heavy atom. The van der Waals surface area contributed by atoms with Gasteiger partial charge in [-0.05, 0) is 30.3 Å². The Kier molecular flexibility index (Phi) is 3.76. The summed E-state index contributed by atoms with van der Waals surface area (Å²) in [5.41, 5.74) is 6.57. The second-order valence-corrected chi connectivity index (χ2v) is 5.62. The van der Waals surface area contributed by atoms with Gasteiger partial charge in [0.25, 0.3) is 0 Å². The van der Waals surface area contributed by atoms with Crippen LogP contribution in [0.3, 0.4) is 0 Å². The van der Waals surface area contributed by atoms with E-state index in [1.807, 2.05) is 0 Å². The number of halogens is 3. The Morgan fingerprint density at radius 1 is 1.32 bits per heavy atom. The van der Waals surface area contributed by atoms with E-state index in [1.54, 1.807) is 0 Å². The molecule has 0 fully saturated rings. The number of nitrogens with two attached hydrogens (primary N) is 1. The van der Waals surface area contributed by atoms with E-state index in [1.165, 1.54) is 30.3 Å². The Balaban J connectivity index is 2.35. The Labute approximate surface area is 134 Å². The van der Waals surface area contributed by atoms with Crippen LogP contribution in [-0.4, -0.2) is 4.98 Å². The van der Waals surface area contributed by atoms with Gasteiger partial charge in [0.15, 0.2) is 16.8 Å². The molecule has 2 N–H and O–H groups in total. The maximum Gasteiger partial charge on any atom is 0.186 e. The molecule has 0 atom stereocenters. The van der Waals surface area contributed by atoms with Crippen molar-refractivity contribution in [1.29, 1.82) is 0 Å². The highest BCUT2D eigenvalue weighted by Crippen LogP contribution is 2.31. The molecule has 22 heavy (non-hydrogen) atoms. The Hall–Kier alpha value is -2.11. The molecule has 1 aromatic carbocycles. The van der Waals surface area contributed by atoms with Crippen LogP contribution >= 0.6 is 23.2 Å². The van der Waals surface area contributed by atoms with Crippen molar-refractivity contribution in [2.75, 3.05) is 5.73 Å². The van der Waals surface area contributed by atoms with Crippen LogP contribution in [0.5, 0.6) is 0 Å². The molecule has 0 radical (unpaired) electrons. The number of nitrogens with zero attached hydrogens (tertiary/aromatic N) is 1. The minimum atomic E-state index is -0.610. The van der Waals surface area contributed by atoms with Gasteiger partial charge >= 0.3 is 0 Å². The van der Waals surface area contributed by atoms with Crippen molar-refractivity contribution in [3.63, 3.8) is 0 Å². The molecular formula is C15H9Cl2FN2O2. The summed E-state index contributed by atoms with van der Waals surface area (Å²) in [6.45, 7) is 0. The molecule has 0 saturated heterocycles. The first-order chi connectivity index (χ1) is 10.5. The molecule has 4 nitrogen and oxygen atoms in total. The van der Waals surface area contributed by atoms with Crippen molar-refractivity contribution in [3.05, 3.63) is 56.4 Å². The lowest BCUT2D eigenvalue weighted by molar-refractivity contribution is 0.595. The normalized spacial score (nSPS) is 11.0. The molecule has 2 aliphatic rings. The van der Waals surface area contributed by atoms with Crippen molar-refractivity contribution in [3.8, 4) is 11.5 Å². The van der Waals surface area contributed by atoms with Gasteiger partial charge in [0.05, 0.1) is 0 Å². The largest absolute Gasteiger partial charge is 0.450 e. The van der Waals surface area contributed by atoms with Crippen LogP contribution in [0.15, 0.2) is 44.0 Å². The second-order valence-electron chi connectivity index (χ2n) is 4.61. The highest BCUT2D eigenvalue weighted by molar-refractivity contribution is 6.55. The van der Waals surface area contributed by atoms with Crippen molar-refractivity contribution < 1.29 is 8.81 Å². The van der Waals surface area contributed by atoms with E-state index in [4.69, 9.17) is 33.4 Å². The van der Waals surface area contributed by atoms with E-state index < -0.39 is 5.82 Å². The van der Waals surface area contributed by atoms with Gasteiger partial charge in [0.2, 0.25) is 0 Å². The Morgan fingerprint density at radius 2 is 2.09 bits per heavy atom. The summed E-state index contributed by atoms with van der Waals surface area (Å²) in [5, 5.41) is 0. The molecule has 0 saturated carbocycles. The van der Waals surface area contributed by atoms with Crippen LogP contribution < -0.4 is 11.2 Å². The summed E-state index contributed by atoms with van der Waals surface area (Å²) in [5.74, 6) is -0.371. The summed E-state index contributed by atoms with van der Waals surface area (Å²) in [6.07, 6.45) is 1.64. The zero-order valence-electron chi connectivity index (χ0n) is 11.1. The highest BCUT2D eigenvalue weighted by atomic mass is 35.5. The van der Waals surface area contributed by atoms with Crippen LogP contribution in [0.1, 0.15) is 5.56 Å². The summed E-state index contributed by atoms with van der Waals surface area (Å²) in [7, 11) is 0. The molecule has 3 rings (SSSR count). The lowest BCUT2D eigenvalue weighted by atomic mass is 10.1. The molecule has 7 heteroatoms. The number of hydrogen-bond donors (Lipinski definition) is 1. The van der Waals surface area contributed by atoms with Gasteiger partial charge in [-0.2, -0.15) is 0 Å². The first-order valence-corrected chi connectivity index (χ1v) is 7.04. The topological polar surface area (TPSA) is 69.1 Å². The zero-order valence-corrected chi connectivity index (χ0v) is 12.6. The SMILES string of the molecule is Nc1c(F)ccc2nc3ccc(=O)c(CC=C(Cl)Cl)c-3oc12. The molecule has 0 spiro atoms.